The standard InChI is InChI=1S/C11H12NO4/c13-7-10(14)6-12-11(15)16-8-9-4-2-1-3-5-9/h1-5,10,14H,6,8H2,(H,12,15). The van der Waals surface area contributed by atoms with Crippen LogP contribution in [0.15, 0.2) is 30.3 Å². The van der Waals surface area contributed by atoms with E-state index in [1.54, 1.807) is 0 Å². The van der Waals surface area contributed by atoms with Gasteiger partial charge in [-0.15, -0.1) is 0 Å². The fourth-order valence-electron chi connectivity index (χ4n) is 0.996. The first-order valence-corrected chi connectivity index (χ1v) is 4.72. The molecule has 0 spiro atoms. The summed E-state index contributed by atoms with van der Waals surface area (Å²) in [6.45, 7) is -0.0509. The molecule has 1 unspecified atom stereocenters. The van der Waals surface area contributed by atoms with Gasteiger partial charge in [0.1, 0.15) is 12.7 Å². The number of carbonyl (C=O) groups excluding carboxylic acids is 2. The molecular formula is C11H12NO4. The zero-order valence-electron chi connectivity index (χ0n) is 8.55. The van der Waals surface area contributed by atoms with Crippen molar-refractivity contribution in [2.75, 3.05) is 6.54 Å². The number of nitrogens with one attached hydrogen (secondary N) is 1. The smallest absolute Gasteiger partial charge is 0.407 e. The molecule has 0 aliphatic carbocycles. The Bertz CT molecular complexity index is 339. The lowest BCUT2D eigenvalue weighted by molar-refractivity contribution is 0.134. The molecule has 5 nitrogen and oxygen atoms in total. The molecule has 1 atom stereocenters. The molecule has 1 amide bonds. The van der Waals surface area contributed by atoms with Gasteiger partial charge in [0.15, 0.2) is 0 Å². The van der Waals surface area contributed by atoms with E-state index in [9.17, 15) is 9.59 Å². The lowest BCUT2D eigenvalue weighted by Crippen LogP contribution is -2.33. The summed E-state index contributed by atoms with van der Waals surface area (Å²) in [7, 11) is 0. The van der Waals surface area contributed by atoms with Crippen LogP contribution in [0.5, 0.6) is 0 Å². The number of amides is 1. The number of rotatable bonds is 5. The van der Waals surface area contributed by atoms with E-state index >= 15 is 0 Å². The van der Waals surface area contributed by atoms with Crippen LogP contribution < -0.4 is 5.32 Å². The van der Waals surface area contributed by atoms with Crippen molar-refractivity contribution in [3.63, 3.8) is 0 Å². The molecular weight excluding hydrogens is 210 g/mol. The third-order valence-electron chi connectivity index (χ3n) is 1.79. The zero-order chi connectivity index (χ0) is 11.8. The summed E-state index contributed by atoms with van der Waals surface area (Å²) >= 11 is 0. The normalized spacial score (nSPS) is 11.6. The van der Waals surface area contributed by atoms with Crippen molar-refractivity contribution in [3.8, 4) is 0 Å². The number of aliphatic hydroxyl groups is 1. The van der Waals surface area contributed by atoms with E-state index in [4.69, 9.17) is 9.84 Å². The molecule has 1 aromatic rings. The van der Waals surface area contributed by atoms with Crippen LogP contribution >= 0.6 is 0 Å². The maximum Gasteiger partial charge on any atom is 0.407 e. The molecule has 16 heavy (non-hydrogen) atoms. The van der Waals surface area contributed by atoms with E-state index in [-0.39, 0.29) is 13.2 Å². The molecule has 0 bridgehead atoms. The molecule has 0 aliphatic heterocycles. The monoisotopic (exact) mass is 222 g/mol. The topological polar surface area (TPSA) is 75.6 Å². The SMILES string of the molecule is O=[C]C(O)CNC(=O)OCc1ccccc1. The van der Waals surface area contributed by atoms with Gasteiger partial charge in [-0.25, -0.2) is 4.79 Å². The third-order valence-corrected chi connectivity index (χ3v) is 1.79. The van der Waals surface area contributed by atoms with E-state index < -0.39 is 12.2 Å². The predicted octanol–water partition coefficient (Wildman–Crippen LogP) is 0.383. The van der Waals surface area contributed by atoms with Crippen molar-refractivity contribution in [1.82, 2.24) is 5.32 Å². The minimum absolute atomic E-state index is 0.146. The molecule has 0 saturated carbocycles. The van der Waals surface area contributed by atoms with E-state index in [0.29, 0.717) is 0 Å². The van der Waals surface area contributed by atoms with Crippen LogP contribution in [-0.4, -0.2) is 30.1 Å². The molecule has 0 heterocycles. The molecule has 85 valence electrons. The minimum atomic E-state index is -1.32. The summed E-state index contributed by atoms with van der Waals surface area (Å²) in [6, 6.07) is 9.17. The van der Waals surface area contributed by atoms with E-state index in [2.05, 4.69) is 5.32 Å². The highest BCUT2D eigenvalue weighted by atomic mass is 16.5. The summed E-state index contributed by atoms with van der Waals surface area (Å²) in [6.07, 6.45) is -0.668. The second-order valence-corrected chi connectivity index (χ2v) is 3.08. The number of ether oxygens (including phenoxy) is 1. The molecule has 0 fully saturated rings. The van der Waals surface area contributed by atoms with Gasteiger partial charge in [0, 0.05) is 0 Å². The average molecular weight is 222 g/mol. The maximum atomic E-state index is 11.1. The summed E-state index contributed by atoms with van der Waals surface area (Å²) in [5.41, 5.74) is 0.861. The third kappa shape index (κ3) is 4.56. The summed E-state index contributed by atoms with van der Waals surface area (Å²) < 4.78 is 4.83. The first kappa shape index (κ1) is 12.2. The largest absolute Gasteiger partial charge is 0.445 e. The van der Waals surface area contributed by atoms with Gasteiger partial charge in [-0.3, -0.25) is 4.79 Å². The van der Waals surface area contributed by atoms with E-state index in [1.165, 1.54) is 6.29 Å². The molecule has 2 N–H and O–H groups in total. The van der Waals surface area contributed by atoms with Gasteiger partial charge in [-0.05, 0) is 5.56 Å². The van der Waals surface area contributed by atoms with Crippen LogP contribution in [0, 0.1) is 0 Å². The Labute approximate surface area is 93.0 Å². The Morgan fingerprint density at radius 1 is 1.44 bits per heavy atom. The zero-order valence-corrected chi connectivity index (χ0v) is 8.55. The Morgan fingerprint density at radius 3 is 2.75 bits per heavy atom. The number of alkyl carbamates (subject to hydrolysis) is 1. The average Bonchev–Trinajstić information content (AvgIpc) is 2.34. The number of benzene rings is 1. The molecule has 5 heteroatoms. The van der Waals surface area contributed by atoms with Crippen molar-refractivity contribution in [2.45, 2.75) is 12.7 Å². The highest BCUT2D eigenvalue weighted by molar-refractivity contribution is 5.68. The molecule has 0 aromatic heterocycles. The number of carbonyl (C=O) groups is 1. The summed E-state index contributed by atoms with van der Waals surface area (Å²) in [5.74, 6) is 0. The van der Waals surface area contributed by atoms with Crippen molar-refractivity contribution in [1.29, 1.82) is 0 Å². The molecule has 1 rings (SSSR count). The predicted molar refractivity (Wildman–Crippen MR) is 56.3 cm³/mol. The summed E-state index contributed by atoms with van der Waals surface area (Å²) in [4.78, 5) is 21.0. The molecule has 1 radical (unpaired) electrons. The van der Waals surface area contributed by atoms with E-state index in [0.717, 1.165) is 5.56 Å². The van der Waals surface area contributed by atoms with Gasteiger partial charge in [-0.1, -0.05) is 30.3 Å². The fraction of sp³-hybridized carbons (Fsp3) is 0.273. The molecule has 1 aromatic carbocycles. The minimum Gasteiger partial charge on any atom is -0.445 e. The quantitative estimate of drug-likeness (QED) is 0.755. The highest BCUT2D eigenvalue weighted by Gasteiger charge is 2.06. The van der Waals surface area contributed by atoms with Gasteiger partial charge >= 0.3 is 6.09 Å². The first-order valence-electron chi connectivity index (χ1n) is 4.72. The maximum absolute atomic E-state index is 11.1. The van der Waals surface area contributed by atoms with Gasteiger partial charge in [0.25, 0.3) is 0 Å². The fourth-order valence-corrected chi connectivity index (χ4v) is 0.996. The van der Waals surface area contributed by atoms with Crippen molar-refractivity contribution >= 4 is 12.4 Å². The van der Waals surface area contributed by atoms with Crippen LogP contribution in [-0.2, 0) is 16.1 Å². The van der Waals surface area contributed by atoms with Gasteiger partial charge in [-0.2, -0.15) is 0 Å². The Hall–Kier alpha value is -1.88. The molecule has 0 saturated heterocycles. The van der Waals surface area contributed by atoms with Crippen LogP contribution in [0.3, 0.4) is 0 Å². The van der Waals surface area contributed by atoms with Crippen molar-refractivity contribution < 1.29 is 19.4 Å². The Balaban J connectivity index is 2.23. The van der Waals surface area contributed by atoms with E-state index in [1.807, 2.05) is 30.3 Å². The number of aliphatic hydroxyl groups excluding tert-OH is 1. The van der Waals surface area contributed by atoms with Gasteiger partial charge < -0.3 is 15.2 Å². The Morgan fingerprint density at radius 2 is 2.12 bits per heavy atom. The lowest BCUT2D eigenvalue weighted by Gasteiger charge is -2.07. The number of hydrogen-bond acceptors (Lipinski definition) is 4. The van der Waals surface area contributed by atoms with Crippen molar-refractivity contribution in [3.05, 3.63) is 35.9 Å². The van der Waals surface area contributed by atoms with Crippen LogP contribution in [0.2, 0.25) is 0 Å². The van der Waals surface area contributed by atoms with Crippen molar-refractivity contribution in [2.24, 2.45) is 0 Å². The first-order chi connectivity index (χ1) is 7.72. The van der Waals surface area contributed by atoms with Crippen LogP contribution in [0.1, 0.15) is 5.56 Å². The van der Waals surface area contributed by atoms with Crippen LogP contribution in [0.4, 0.5) is 4.79 Å². The second kappa shape index (κ2) is 6.58. The van der Waals surface area contributed by atoms with Gasteiger partial charge in [0.2, 0.25) is 6.29 Å². The van der Waals surface area contributed by atoms with Crippen LogP contribution in [0.25, 0.3) is 0 Å². The Kier molecular flexibility index (Phi) is 5.01. The summed E-state index contributed by atoms with van der Waals surface area (Å²) in [5, 5.41) is 11.0. The second-order valence-electron chi connectivity index (χ2n) is 3.08. The van der Waals surface area contributed by atoms with Gasteiger partial charge in [0.05, 0.1) is 6.54 Å². The lowest BCUT2D eigenvalue weighted by atomic mass is 10.2. The highest BCUT2D eigenvalue weighted by Crippen LogP contribution is 2.00. The molecule has 0 aliphatic rings. The number of hydrogen-bond donors (Lipinski definition) is 2.